The third-order valence-corrected chi connectivity index (χ3v) is 5.65. The lowest BCUT2D eigenvalue weighted by molar-refractivity contribution is -0.119. The Hall–Kier alpha value is -2.08. The highest BCUT2D eigenvalue weighted by molar-refractivity contribution is 5.97. The largest absolute Gasteiger partial charge is 0.497 e. The second-order valence-corrected chi connectivity index (χ2v) is 8.03. The van der Waals surface area contributed by atoms with Crippen LogP contribution in [0.1, 0.15) is 99.6 Å². The summed E-state index contributed by atoms with van der Waals surface area (Å²) in [7, 11) is 3.06. The highest BCUT2D eigenvalue weighted by Crippen LogP contribution is 2.41. The Balaban J connectivity index is 1.71. The Morgan fingerprint density at radius 3 is 2.47 bits per heavy atom. The summed E-state index contributed by atoms with van der Waals surface area (Å²) in [5.41, 5.74) is 1.13. The van der Waals surface area contributed by atoms with Crippen LogP contribution >= 0.6 is 0 Å². The number of hydrogen-bond donors (Lipinski definition) is 1. The minimum atomic E-state index is -0.540. The quantitative estimate of drug-likeness (QED) is 0.312. The average molecular weight is 421 g/mol. The molecule has 1 aliphatic heterocycles. The Bertz CT molecular complexity index is 699. The van der Waals surface area contributed by atoms with Gasteiger partial charge in [-0.25, -0.2) is 4.79 Å². The van der Waals surface area contributed by atoms with Crippen LogP contribution in [-0.2, 0) is 9.53 Å². The van der Waals surface area contributed by atoms with Crippen molar-refractivity contribution in [3.05, 3.63) is 23.3 Å². The van der Waals surface area contributed by atoms with Gasteiger partial charge in [-0.05, 0) is 25.3 Å². The predicted molar refractivity (Wildman–Crippen MR) is 115 cm³/mol. The van der Waals surface area contributed by atoms with E-state index in [2.05, 4.69) is 6.92 Å². The monoisotopic (exact) mass is 420 g/mol. The molecular formula is C24H36O6. The number of aliphatic hydroxyl groups is 1. The fraction of sp³-hybridized carbons (Fsp3) is 0.667. The van der Waals surface area contributed by atoms with Crippen molar-refractivity contribution in [2.75, 3.05) is 14.2 Å². The zero-order valence-electron chi connectivity index (χ0n) is 18.6. The molecule has 6 heteroatoms. The number of benzene rings is 1. The number of fused-ring (bicyclic) bond motifs is 1. The summed E-state index contributed by atoms with van der Waals surface area (Å²) in [5, 5.41) is 10.4. The van der Waals surface area contributed by atoms with E-state index in [1.165, 1.54) is 7.11 Å². The van der Waals surface area contributed by atoms with Gasteiger partial charge in [-0.1, -0.05) is 39.0 Å². The summed E-state index contributed by atoms with van der Waals surface area (Å²) < 4.78 is 16.1. The summed E-state index contributed by atoms with van der Waals surface area (Å²) in [5.74, 6) is 0.984. The second kappa shape index (κ2) is 12.6. The van der Waals surface area contributed by atoms with Crippen LogP contribution in [0.3, 0.4) is 0 Å². The smallest absolute Gasteiger partial charge is 0.342 e. The lowest BCUT2D eigenvalue weighted by Crippen LogP contribution is -2.12. The summed E-state index contributed by atoms with van der Waals surface area (Å²) in [6.45, 7) is 2.10. The predicted octanol–water partition coefficient (Wildman–Crippen LogP) is 5.16. The third-order valence-electron chi connectivity index (χ3n) is 5.65. The zero-order chi connectivity index (χ0) is 21.9. The number of cyclic esters (lactones) is 1. The molecule has 1 unspecified atom stereocenters. The van der Waals surface area contributed by atoms with Gasteiger partial charge in [0.15, 0.2) is 0 Å². The van der Waals surface area contributed by atoms with Crippen molar-refractivity contribution < 1.29 is 28.9 Å². The van der Waals surface area contributed by atoms with E-state index in [1.807, 2.05) is 0 Å². The Morgan fingerprint density at radius 2 is 1.77 bits per heavy atom. The van der Waals surface area contributed by atoms with Crippen LogP contribution in [0.25, 0.3) is 0 Å². The van der Waals surface area contributed by atoms with E-state index in [9.17, 15) is 14.7 Å². The van der Waals surface area contributed by atoms with Crippen LogP contribution in [0.4, 0.5) is 0 Å². The normalized spacial score (nSPS) is 16.1. The molecule has 0 aromatic heterocycles. The van der Waals surface area contributed by atoms with Gasteiger partial charge in [-0.15, -0.1) is 0 Å². The summed E-state index contributed by atoms with van der Waals surface area (Å²) in [6.07, 6.45) is 8.52. The Labute approximate surface area is 179 Å². The van der Waals surface area contributed by atoms with E-state index in [4.69, 9.17) is 14.2 Å². The van der Waals surface area contributed by atoms with Gasteiger partial charge in [0.1, 0.15) is 28.9 Å². The highest BCUT2D eigenvalue weighted by Gasteiger charge is 2.36. The summed E-state index contributed by atoms with van der Waals surface area (Å²) in [6, 6.07) is 3.44. The average Bonchev–Trinajstić information content (AvgIpc) is 3.05. The number of ether oxygens (including phenoxy) is 3. The van der Waals surface area contributed by atoms with E-state index in [0.717, 1.165) is 51.4 Å². The van der Waals surface area contributed by atoms with Crippen molar-refractivity contribution in [1.29, 1.82) is 0 Å². The SMILES string of the molecule is CCCCC(=O)CCCCCCCC(O)C[C@H]1OC(=O)c2c(OC)cc(OC)cc21. The number of Topliss-reactive ketones (excluding diaryl/α,β-unsaturated/α-hetero) is 1. The molecule has 0 aliphatic carbocycles. The fourth-order valence-electron chi connectivity index (χ4n) is 3.89. The minimum absolute atomic E-state index is 0.362. The summed E-state index contributed by atoms with van der Waals surface area (Å²) >= 11 is 0. The number of ketones is 1. The number of carbonyl (C=O) groups excluding carboxylic acids is 2. The number of rotatable bonds is 15. The maximum atomic E-state index is 12.3. The van der Waals surface area contributed by atoms with Gasteiger partial charge in [0.25, 0.3) is 0 Å². The molecule has 1 aliphatic rings. The van der Waals surface area contributed by atoms with Gasteiger partial charge in [0, 0.05) is 30.9 Å². The van der Waals surface area contributed by atoms with Crippen LogP contribution in [0, 0.1) is 0 Å². The Morgan fingerprint density at radius 1 is 1.07 bits per heavy atom. The van der Waals surface area contributed by atoms with E-state index in [0.29, 0.717) is 47.7 Å². The second-order valence-electron chi connectivity index (χ2n) is 8.03. The van der Waals surface area contributed by atoms with Gasteiger partial charge in [0.2, 0.25) is 0 Å². The van der Waals surface area contributed by atoms with Crippen molar-refractivity contribution in [2.24, 2.45) is 0 Å². The first-order valence-electron chi connectivity index (χ1n) is 11.2. The van der Waals surface area contributed by atoms with Gasteiger partial charge >= 0.3 is 5.97 Å². The van der Waals surface area contributed by atoms with Crippen molar-refractivity contribution in [2.45, 2.75) is 89.8 Å². The maximum Gasteiger partial charge on any atom is 0.342 e. The molecule has 0 saturated carbocycles. The molecule has 0 spiro atoms. The summed E-state index contributed by atoms with van der Waals surface area (Å²) in [4.78, 5) is 23.9. The van der Waals surface area contributed by atoms with E-state index >= 15 is 0 Å². The molecule has 0 saturated heterocycles. The molecule has 2 atom stereocenters. The third kappa shape index (κ3) is 7.01. The first kappa shape index (κ1) is 24.2. The van der Waals surface area contributed by atoms with Gasteiger partial charge < -0.3 is 19.3 Å². The molecular weight excluding hydrogens is 384 g/mol. The number of unbranched alkanes of at least 4 members (excludes halogenated alkanes) is 5. The Kier molecular flexibility index (Phi) is 10.1. The minimum Gasteiger partial charge on any atom is -0.497 e. The molecule has 0 bridgehead atoms. The fourth-order valence-corrected chi connectivity index (χ4v) is 3.89. The lowest BCUT2D eigenvalue weighted by Gasteiger charge is -2.16. The standard InChI is InChI=1S/C24H36O6/c1-4-5-11-17(25)12-9-7-6-8-10-13-18(26)14-21-20-15-19(28-2)16-22(29-3)23(20)24(27)30-21/h15-16,18,21,26H,4-14H2,1-3H3/t18?,21-/m1/s1. The molecule has 1 heterocycles. The van der Waals surface area contributed by atoms with Crippen molar-refractivity contribution >= 4 is 11.8 Å². The van der Waals surface area contributed by atoms with E-state index in [-0.39, 0.29) is 0 Å². The van der Waals surface area contributed by atoms with Crippen LogP contribution in [-0.4, -0.2) is 37.2 Å². The highest BCUT2D eigenvalue weighted by atomic mass is 16.6. The van der Waals surface area contributed by atoms with E-state index < -0.39 is 18.2 Å². The van der Waals surface area contributed by atoms with Crippen molar-refractivity contribution in [1.82, 2.24) is 0 Å². The first-order valence-corrected chi connectivity index (χ1v) is 11.2. The molecule has 2 rings (SSSR count). The zero-order valence-corrected chi connectivity index (χ0v) is 18.6. The molecule has 1 N–H and O–H groups in total. The van der Waals surface area contributed by atoms with Crippen molar-refractivity contribution in [3.8, 4) is 11.5 Å². The molecule has 168 valence electrons. The number of aliphatic hydroxyl groups excluding tert-OH is 1. The van der Waals surface area contributed by atoms with Crippen molar-refractivity contribution in [3.63, 3.8) is 0 Å². The van der Waals surface area contributed by atoms with Gasteiger partial charge in [-0.3, -0.25) is 4.79 Å². The molecule has 0 radical (unpaired) electrons. The molecule has 1 aromatic rings. The van der Waals surface area contributed by atoms with Gasteiger partial charge in [-0.2, -0.15) is 0 Å². The number of carbonyl (C=O) groups is 2. The molecule has 30 heavy (non-hydrogen) atoms. The molecule has 1 aromatic carbocycles. The number of esters is 1. The molecule has 0 fully saturated rings. The van der Waals surface area contributed by atoms with E-state index in [1.54, 1.807) is 19.2 Å². The topological polar surface area (TPSA) is 82.1 Å². The van der Waals surface area contributed by atoms with Crippen LogP contribution in [0.5, 0.6) is 11.5 Å². The molecule has 6 nitrogen and oxygen atoms in total. The number of hydrogen-bond acceptors (Lipinski definition) is 6. The van der Waals surface area contributed by atoms with Crippen LogP contribution < -0.4 is 9.47 Å². The maximum absolute atomic E-state index is 12.3. The molecule has 0 amide bonds. The van der Waals surface area contributed by atoms with Crippen LogP contribution in [0.15, 0.2) is 12.1 Å². The van der Waals surface area contributed by atoms with Gasteiger partial charge in [0.05, 0.1) is 20.3 Å². The lowest BCUT2D eigenvalue weighted by atomic mass is 9.97. The first-order chi connectivity index (χ1) is 14.5. The van der Waals surface area contributed by atoms with Crippen LogP contribution in [0.2, 0.25) is 0 Å². The number of methoxy groups -OCH3 is 2.